The number of benzene rings is 2. The molecule has 102 valence electrons. The van der Waals surface area contributed by atoms with Crippen LogP contribution in [0.4, 0.5) is 10.1 Å². The lowest BCUT2D eigenvalue weighted by Crippen LogP contribution is -2.03. The molecule has 0 radical (unpaired) electrons. The molecule has 0 amide bonds. The van der Waals surface area contributed by atoms with Crippen LogP contribution in [-0.4, -0.2) is 8.75 Å². The molecule has 0 fully saturated rings. The molecule has 0 atom stereocenters. The van der Waals surface area contributed by atoms with E-state index in [1.54, 1.807) is 24.3 Å². The number of anilines is 1. The van der Waals surface area contributed by atoms with Gasteiger partial charge in [-0.1, -0.05) is 29.3 Å². The SMILES string of the molecule is Fc1cc(Cl)ccc1CNc1c(Cl)ccc2nsnc12. The monoisotopic (exact) mass is 327 g/mol. The number of rotatable bonds is 3. The maximum atomic E-state index is 13.7. The second kappa shape index (κ2) is 5.52. The Balaban J connectivity index is 1.90. The minimum atomic E-state index is -0.357. The van der Waals surface area contributed by atoms with E-state index in [1.165, 1.54) is 6.07 Å². The zero-order valence-corrected chi connectivity index (χ0v) is 12.4. The van der Waals surface area contributed by atoms with Crippen molar-refractivity contribution >= 4 is 51.7 Å². The van der Waals surface area contributed by atoms with Crippen LogP contribution in [0.5, 0.6) is 0 Å². The molecule has 2 aromatic carbocycles. The van der Waals surface area contributed by atoms with E-state index in [1.807, 2.05) is 0 Å². The lowest BCUT2D eigenvalue weighted by Gasteiger charge is -2.09. The third-order valence-corrected chi connectivity index (χ3v) is 3.94. The van der Waals surface area contributed by atoms with E-state index >= 15 is 0 Å². The van der Waals surface area contributed by atoms with Crippen LogP contribution in [0.15, 0.2) is 30.3 Å². The molecular weight excluding hydrogens is 320 g/mol. The van der Waals surface area contributed by atoms with Gasteiger partial charge < -0.3 is 5.32 Å². The summed E-state index contributed by atoms with van der Waals surface area (Å²) in [7, 11) is 0. The maximum Gasteiger partial charge on any atom is 0.129 e. The molecule has 3 rings (SSSR count). The van der Waals surface area contributed by atoms with Crippen molar-refractivity contribution < 1.29 is 4.39 Å². The van der Waals surface area contributed by atoms with Gasteiger partial charge in [-0.2, -0.15) is 8.75 Å². The Labute approximate surface area is 128 Å². The van der Waals surface area contributed by atoms with E-state index in [2.05, 4.69) is 14.1 Å². The molecular formula is C13H8Cl2FN3S. The standard InChI is InChI=1S/C13H8Cl2FN3S/c14-8-2-1-7(10(16)5-8)6-17-12-9(15)3-4-11-13(12)19-20-18-11/h1-5,17H,6H2. The Bertz CT molecular complexity index is 775. The Hall–Kier alpha value is -1.43. The normalized spacial score (nSPS) is 10.9. The van der Waals surface area contributed by atoms with Crippen molar-refractivity contribution in [3.63, 3.8) is 0 Å². The van der Waals surface area contributed by atoms with Crippen molar-refractivity contribution in [1.82, 2.24) is 8.75 Å². The average molecular weight is 328 g/mol. The molecule has 0 aliphatic heterocycles. The van der Waals surface area contributed by atoms with Gasteiger partial charge in [0.05, 0.1) is 22.4 Å². The predicted molar refractivity (Wildman–Crippen MR) is 81.2 cm³/mol. The largest absolute Gasteiger partial charge is 0.378 e. The third-order valence-electron chi connectivity index (χ3n) is 2.85. The summed E-state index contributed by atoms with van der Waals surface area (Å²) in [5.74, 6) is -0.357. The summed E-state index contributed by atoms with van der Waals surface area (Å²) in [5, 5.41) is 4.01. The van der Waals surface area contributed by atoms with Crippen LogP contribution in [-0.2, 0) is 6.54 Å². The van der Waals surface area contributed by atoms with E-state index < -0.39 is 0 Å². The third kappa shape index (κ3) is 2.57. The minimum absolute atomic E-state index is 0.291. The zero-order valence-electron chi connectivity index (χ0n) is 10.0. The maximum absolute atomic E-state index is 13.7. The second-order valence-corrected chi connectivity index (χ2v) is 5.52. The number of hydrogen-bond donors (Lipinski definition) is 1. The van der Waals surface area contributed by atoms with E-state index in [4.69, 9.17) is 23.2 Å². The number of hydrogen-bond acceptors (Lipinski definition) is 4. The van der Waals surface area contributed by atoms with Crippen LogP contribution < -0.4 is 5.32 Å². The first-order valence-corrected chi connectivity index (χ1v) is 7.22. The first-order valence-electron chi connectivity index (χ1n) is 5.74. The first kappa shape index (κ1) is 13.5. The van der Waals surface area contributed by atoms with Gasteiger partial charge in [0.2, 0.25) is 0 Å². The lowest BCUT2D eigenvalue weighted by molar-refractivity contribution is 0.613. The van der Waals surface area contributed by atoms with Crippen LogP contribution >= 0.6 is 34.9 Å². The number of nitrogens with zero attached hydrogens (tertiary/aromatic N) is 2. The molecule has 0 aliphatic carbocycles. The van der Waals surface area contributed by atoms with Gasteiger partial charge in [0.1, 0.15) is 16.9 Å². The molecule has 0 unspecified atom stereocenters. The van der Waals surface area contributed by atoms with Crippen LogP contribution in [0.2, 0.25) is 10.0 Å². The van der Waals surface area contributed by atoms with Crippen molar-refractivity contribution in [2.24, 2.45) is 0 Å². The summed E-state index contributed by atoms with van der Waals surface area (Å²) in [6.07, 6.45) is 0. The molecule has 1 N–H and O–H groups in total. The number of nitrogens with one attached hydrogen (secondary N) is 1. The zero-order chi connectivity index (χ0) is 14.1. The van der Waals surface area contributed by atoms with Crippen molar-refractivity contribution in [2.45, 2.75) is 6.54 Å². The van der Waals surface area contributed by atoms with Crippen molar-refractivity contribution in [2.75, 3.05) is 5.32 Å². The summed E-state index contributed by atoms with van der Waals surface area (Å²) in [4.78, 5) is 0. The van der Waals surface area contributed by atoms with E-state index in [0.717, 1.165) is 17.2 Å². The molecule has 0 saturated heterocycles. The van der Waals surface area contributed by atoms with Crippen LogP contribution in [0, 0.1) is 5.82 Å². The Morgan fingerprint density at radius 2 is 2.00 bits per heavy atom. The van der Waals surface area contributed by atoms with Crippen molar-refractivity contribution in [3.8, 4) is 0 Å². The fourth-order valence-electron chi connectivity index (χ4n) is 1.84. The summed E-state index contributed by atoms with van der Waals surface area (Å²) >= 11 is 13.0. The van der Waals surface area contributed by atoms with Gasteiger partial charge in [0.25, 0.3) is 0 Å². The molecule has 0 bridgehead atoms. The molecule has 20 heavy (non-hydrogen) atoms. The van der Waals surface area contributed by atoms with Crippen LogP contribution in [0.3, 0.4) is 0 Å². The quantitative estimate of drug-likeness (QED) is 0.754. The van der Waals surface area contributed by atoms with E-state index in [-0.39, 0.29) is 5.82 Å². The summed E-state index contributed by atoms with van der Waals surface area (Å²) < 4.78 is 22.1. The molecule has 1 heterocycles. The summed E-state index contributed by atoms with van der Waals surface area (Å²) in [6, 6.07) is 8.11. The molecule has 3 nitrogen and oxygen atoms in total. The second-order valence-electron chi connectivity index (χ2n) is 4.14. The van der Waals surface area contributed by atoms with E-state index in [0.29, 0.717) is 33.4 Å². The molecule has 7 heteroatoms. The Kier molecular flexibility index (Phi) is 3.74. The Morgan fingerprint density at radius 1 is 1.15 bits per heavy atom. The average Bonchev–Trinajstić information content (AvgIpc) is 2.88. The van der Waals surface area contributed by atoms with Crippen LogP contribution in [0.1, 0.15) is 5.56 Å². The highest BCUT2D eigenvalue weighted by Gasteiger charge is 2.10. The fourth-order valence-corrected chi connectivity index (χ4v) is 2.76. The molecule has 0 spiro atoms. The van der Waals surface area contributed by atoms with E-state index in [9.17, 15) is 4.39 Å². The smallest absolute Gasteiger partial charge is 0.129 e. The molecule has 3 aromatic rings. The summed E-state index contributed by atoms with van der Waals surface area (Å²) in [6.45, 7) is 0.291. The van der Waals surface area contributed by atoms with Gasteiger partial charge in [-0.3, -0.25) is 0 Å². The highest BCUT2D eigenvalue weighted by Crippen LogP contribution is 2.30. The number of fused-ring (bicyclic) bond motifs is 1. The number of aromatic nitrogens is 2. The van der Waals surface area contributed by atoms with Gasteiger partial charge in [-0.15, -0.1) is 0 Å². The first-order chi connectivity index (χ1) is 9.65. The van der Waals surface area contributed by atoms with Gasteiger partial charge in [0.15, 0.2) is 0 Å². The van der Waals surface area contributed by atoms with Gasteiger partial charge >= 0.3 is 0 Å². The van der Waals surface area contributed by atoms with Crippen LogP contribution in [0.25, 0.3) is 11.0 Å². The minimum Gasteiger partial charge on any atom is -0.378 e. The van der Waals surface area contributed by atoms with Gasteiger partial charge in [0, 0.05) is 17.1 Å². The van der Waals surface area contributed by atoms with Crippen molar-refractivity contribution in [1.29, 1.82) is 0 Å². The van der Waals surface area contributed by atoms with Crippen molar-refractivity contribution in [3.05, 3.63) is 51.8 Å². The summed E-state index contributed by atoms with van der Waals surface area (Å²) in [5.41, 5.74) is 2.62. The highest BCUT2D eigenvalue weighted by atomic mass is 35.5. The highest BCUT2D eigenvalue weighted by molar-refractivity contribution is 7.00. The predicted octanol–water partition coefficient (Wildman–Crippen LogP) is 4.75. The lowest BCUT2D eigenvalue weighted by atomic mass is 10.2. The fraction of sp³-hybridized carbons (Fsp3) is 0.0769. The number of halogens is 3. The van der Waals surface area contributed by atoms with Gasteiger partial charge in [-0.05, 0) is 24.3 Å². The Morgan fingerprint density at radius 3 is 2.80 bits per heavy atom. The molecule has 1 aromatic heterocycles. The molecule has 0 aliphatic rings. The molecule has 0 saturated carbocycles. The van der Waals surface area contributed by atoms with Gasteiger partial charge in [-0.25, -0.2) is 4.39 Å². The topological polar surface area (TPSA) is 37.8 Å².